The summed E-state index contributed by atoms with van der Waals surface area (Å²) in [7, 11) is -1.57. The Bertz CT molecular complexity index is 553. The summed E-state index contributed by atoms with van der Waals surface area (Å²) < 4.78 is 10.5. The predicted molar refractivity (Wildman–Crippen MR) is 59.9 cm³/mol. The van der Waals surface area contributed by atoms with Crippen LogP contribution in [-0.2, 0) is 0 Å². The van der Waals surface area contributed by atoms with Crippen LogP contribution in [0.15, 0.2) is 30.3 Å². The molecule has 2 N–H and O–H groups in total. The first-order valence-corrected chi connectivity index (χ1v) is 4.95. The Morgan fingerprint density at radius 3 is 2.75 bits per heavy atom. The number of ether oxygens (including phenoxy) is 2. The molecule has 1 aliphatic rings. The molecular weight excluding hydrogens is 207 g/mol. The molecule has 80 valence electrons. The summed E-state index contributed by atoms with van der Waals surface area (Å²) in [5.74, 6) is 0.982. The average molecular weight is 216 g/mol. The Hall–Kier alpha value is -1.72. The van der Waals surface area contributed by atoms with Crippen molar-refractivity contribution < 1.29 is 19.5 Å². The lowest BCUT2D eigenvalue weighted by molar-refractivity contribution is 0.174. The molecular formula is C11H9BO4. The van der Waals surface area contributed by atoms with Crippen LogP contribution in [0.5, 0.6) is 11.5 Å². The van der Waals surface area contributed by atoms with Gasteiger partial charge >= 0.3 is 7.12 Å². The quantitative estimate of drug-likeness (QED) is 0.670. The van der Waals surface area contributed by atoms with Crippen molar-refractivity contribution in [2.45, 2.75) is 0 Å². The number of hydrogen-bond acceptors (Lipinski definition) is 4. The lowest BCUT2D eigenvalue weighted by Gasteiger charge is -2.09. The third kappa shape index (κ3) is 1.26. The normalized spacial score (nSPS) is 13.1. The van der Waals surface area contributed by atoms with Gasteiger partial charge in [-0.2, -0.15) is 0 Å². The fourth-order valence-corrected chi connectivity index (χ4v) is 1.99. The fourth-order valence-electron chi connectivity index (χ4n) is 1.99. The Kier molecular flexibility index (Phi) is 2.02. The molecule has 1 heterocycles. The third-order valence-corrected chi connectivity index (χ3v) is 2.68. The predicted octanol–water partition coefficient (Wildman–Crippen LogP) is 0.248. The number of rotatable bonds is 1. The molecule has 0 spiro atoms. The van der Waals surface area contributed by atoms with E-state index in [9.17, 15) is 10.0 Å². The van der Waals surface area contributed by atoms with Gasteiger partial charge in [0.25, 0.3) is 0 Å². The van der Waals surface area contributed by atoms with Crippen LogP contribution in [0.25, 0.3) is 10.8 Å². The molecule has 1 aliphatic heterocycles. The lowest BCUT2D eigenvalue weighted by atomic mass is 9.76. The first-order valence-electron chi connectivity index (χ1n) is 4.95. The van der Waals surface area contributed by atoms with Gasteiger partial charge in [-0.3, -0.25) is 0 Å². The standard InChI is InChI=1S/C11H9BO4/c13-12(14)10-8-4-2-1-3-7(8)5-9-11(10)16-6-15-9/h1-5,13-14H,6H2. The zero-order valence-corrected chi connectivity index (χ0v) is 8.38. The van der Waals surface area contributed by atoms with E-state index in [1.54, 1.807) is 0 Å². The monoisotopic (exact) mass is 216 g/mol. The minimum Gasteiger partial charge on any atom is -0.454 e. The van der Waals surface area contributed by atoms with Crippen LogP contribution in [0.2, 0.25) is 0 Å². The minimum absolute atomic E-state index is 0.116. The summed E-state index contributed by atoms with van der Waals surface area (Å²) in [6, 6.07) is 9.28. The molecule has 0 bridgehead atoms. The van der Waals surface area contributed by atoms with Gasteiger partial charge in [0, 0.05) is 5.46 Å². The molecule has 0 radical (unpaired) electrons. The van der Waals surface area contributed by atoms with Gasteiger partial charge in [-0.25, -0.2) is 0 Å². The second-order valence-corrected chi connectivity index (χ2v) is 3.62. The van der Waals surface area contributed by atoms with E-state index in [4.69, 9.17) is 9.47 Å². The molecule has 0 atom stereocenters. The molecule has 0 amide bonds. The number of benzene rings is 2. The van der Waals surface area contributed by atoms with E-state index >= 15 is 0 Å². The first kappa shape index (κ1) is 9.51. The summed E-state index contributed by atoms with van der Waals surface area (Å²) in [6.07, 6.45) is 0. The highest BCUT2D eigenvalue weighted by Crippen LogP contribution is 2.34. The van der Waals surface area contributed by atoms with Gasteiger partial charge < -0.3 is 19.5 Å². The van der Waals surface area contributed by atoms with Gasteiger partial charge in [0.1, 0.15) is 0 Å². The second-order valence-electron chi connectivity index (χ2n) is 3.62. The third-order valence-electron chi connectivity index (χ3n) is 2.68. The largest absolute Gasteiger partial charge is 0.493 e. The SMILES string of the molecule is OB(O)c1c2c(cc3ccccc13)OCO2. The molecule has 0 fully saturated rings. The Morgan fingerprint density at radius 1 is 1.12 bits per heavy atom. The smallest absolute Gasteiger partial charge is 0.454 e. The van der Waals surface area contributed by atoms with Gasteiger partial charge in [0.2, 0.25) is 6.79 Å². The van der Waals surface area contributed by atoms with Gasteiger partial charge in [-0.05, 0) is 16.8 Å². The zero-order valence-electron chi connectivity index (χ0n) is 8.38. The second kappa shape index (κ2) is 3.40. The average Bonchev–Trinajstić information content (AvgIpc) is 2.72. The van der Waals surface area contributed by atoms with Crippen molar-refractivity contribution in [1.82, 2.24) is 0 Å². The minimum atomic E-state index is -1.57. The van der Waals surface area contributed by atoms with Gasteiger partial charge in [0.05, 0.1) is 0 Å². The molecule has 16 heavy (non-hydrogen) atoms. The van der Waals surface area contributed by atoms with Crippen LogP contribution in [0.3, 0.4) is 0 Å². The highest BCUT2D eigenvalue weighted by atomic mass is 16.7. The van der Waals surface area contributed by atoms with E-state index in [-0.39, 0.29) is 6.79 Å². The summed E-state index contributed by atoms with van der Waals surface area (Å²) in [4.78, 5) is 0. The maximum Gasteiger partial charge on any atom is 0.493 e. The molecule has 5 heteroatoms. The molecule has 0 saturated carbocycles. The number of hydrogen-bond donors (Lipinski definition) is 2. The van der Waals surface area contributed by atoms with Gasteiger partial charge in [0.15, 0.2) is 11.5 Å². The molecule has 0 aromatic heterocycles. The van der Waals surface area contributed by atoms with Crippen molar-refractivity contribution in [1.29, 1.82) is 0 Å². The maximum absolute atomic E-state index is 9.41. The van der Waals surface area contributed by atoms with Gasteiger partial charge in [-0.1, -0.05) is 24.3 Å². The number of fused-ring (bicyclic) bond motifs is 2. The molecule has 2 aromatic rings. The Morgan fingerprint density at radius 2 is 1.94 bits per heavy atom. The topological polar surface area (TPSA) is 58.9 Å². The van der Waals surface area contributed by atoms with Crippen molar-refractivity contribution in [2.75, 3.05) is 6.79 Å². The summed E-state index contributed by atoms with van der Waals surface area (Å²) in [5, 5.41) is 20.5. The van der Waals surface area contributed by atoms with Crippen LogP contribution in [-0.4, -0.2) is 24.0 Å². The van der Waals surface area contributed by atoms with Crippen LogP contribution in [0.1, 0.15) is 0 Å². The van der Waals surface area contributed by atoms with E-state index < -0.39 is 7.12 Å². The van der Waals surface area contributed by atoms with E-state index in [2.05, 4.69) is 0 Å². The van der Waals surface area contributed by atoms with Crippen LogP contribution < -0.4 is 14.9 Å². The van der Waals surface area contributed by atoms with E-state index in [1.807, 2.05) is 30.3 Å². The van der Waals surface area contributed by atoms with Crippen LogP contribution >= 0.6 is 0 Å². The van der Waals surface area contributed by atoms with Gasteiger partial charge in [-0.15, -0.1) is 0 Å². The molecule has 0 unspecified atom stereocenters. The Labute approximate surface area is 92.2 Å². The van der Waals surface area contributed by atoms with Crippen molar-refractivity contribution >= 4 is 23.4 Å². The van der Waals surface area contributed by atoms with Crippen molar-refractivity contribution in [2.24, 2.45) is 0 Å². The Balaban J connectivity index is 2.41. The highest BCUT2D eigenvalue weighted by molar-refractivity contribution is 6.63. The van der Waals surface area contributed by atoms with E-state index in [0.717, 1.165) is 10.8 Å². The molecule has 3 rings (SSSR count). The van der Waals surface area contributed by atoms with Crippen molar-refractivity contribution in [3.05, 3.63) is 30.3 Å². The lowest BCUT2D eigenvalue weighted by Crippen LogP contribution is -2.31. The first-order chi connectivity index (χ1) is 7.77. The molecule has 0 saturated heterocycles. The van der Waals surface area contributed by atoms with Crippen molar-refractivity contribution in [3.63, 3.8) is 0 Å². The maximum atomic E-state index is 9.41. The van der Waals surface area contributed by atoms with Crippen LogP contribution in [0.4, 0.5) is 0 Å². The molecule has 0 aliphatic carbocycles. The summed E-state index contributed by atoms with van der Waals surface area (Å²) in [6.45, 7) is 0.116. The zero-order chi connectivity index (χ0) is 11.1. The molecule has 2 aromatic carbocycles. The van der Waals surface area contributed by atoms with Crippen molar-refractivity contribution in [3.8, 4) is 11.5 Å². The molecule has 4 nitrogen and oxygen atoms in total. The van der Waals surface area contributed by atoms with E-state index in [1.165, 1.54) is 0 Å². The highest BCUT2D eigenvalue weighted by Gasteiger charge is 2.27. The van der Waals surface area contributed by atoms with Crippen LogP contribution in [0, 0.1) is 0 Å². The summed E-state index contributed by atoms with van der Waals surface area (Å²) in [5.41, 5.74) is 0.366. The summed E-state index contributed by atoms with van der Waals surface area (Å²) >= 11 is 0. The fraction of sp³-hybridized carbons (Fsp3) is 0.0909. The van der Waals surface area contributed by atoms with E-state index in [0.29, 0.717) is 17.0 Å².